The van der Waals surface area contributed by atoms with Gasteiger partial charge in [0.25, 0.3) is 0 Å². The highest BCUT2D eigenvalue weighted by atomic mass is 35.5. The van der Waals surface area contributed by atoms with E-state index in [2.05, 4.69) is 20.5 Å². The van der Waals surface area contributed by atoms with Gasteiger partial charge in [-0.1, -0.05) is 11.6 Å². The van der Waals surface area contributed by atoms with E-state index in [-0.39, 0.29) is 12.3 Å². The van der Waals surface area contributed by atoms with Crippen molar-refractivity contribution in [2.24, 2.45) is 7.05 Å². The lowest BCUT2D eigenvalue weighted by Gasteiger charge is -2.04. The van der Waals surface area contributed by atoms with Crippen molar-refractivity contribution in [2.75, 3.05) is 5.32 Å². The van der Waals surface area contributed by atoms with E-state index >= 15 is 0 Å². The van der Waals surface area contributed by atoms with E-state index in [0.717, 1.165) is 16.6 Å². The van der Waals surface area contributed by atoms with Crippen LogP contribution in [0.4, 0.5) is 5.95 Å². The summed E-state index contributed by atoms with van der Waals surface area (Å²) in [6.45, 7) is 0. The molecular weight excluding hydrogens is 374 g/mol. The Labute approximate surface area is 157 Å². The second kappa shape index (κ2) is 6.89. The van der Waals surface area contributed by atoms with Crippen molar-refractivity contribution in [1.29, 1.82) is 0 Å². The average Bonchev–Trinajstić information content (AvgIpc) is 3.34. The topological polar surface area (TPSA) is 85.8 Å². The molecule has 0 unspecified atom stereocenters. The quantitative estimate of drug-likeness (QED) is 0.561. The number of nitrogens with one attached hydrogen (secondary N) is 1. The standard InChI is InChI=1S/C17H14ClN5O2S/c1-23-13-3-2-11(18)8-12(13)19-17(23)20-14(24)4-5-15-21-22-16(25-15)10-6-7-26-9-10/h2-3,6-9H,4-5H2,1H3,(H,19,20,24). The smallest absolute Gasteiger partial charge is 0.248 e. The summed E-state index contributed by atoms with van der Waals surface area (Å²) in [4.78, 5) is 16.6. The van der Waals surface area contributed by atoms with Gasteiger partial charge in [-0.15, -0.1) is 10.2 Å². The minimum Gasteiger partial charge on any atom is -0.421 e. The van der Waals surface area contributed by atoms with Crippen molar-refractivity contribution >= 4 is 45.8 Å². The highest BCUT2D eigenvalue weighted by molar-refractivity contribution is 7.08. The Bertz CT molecular complexity index is 1070. The Morgan fingerprint density at radius 1 is 1.35 bits per heavy atom. The number of halogens is 1. The van der Waals surface area contributed by atoms with Crippen molar-refractivity contribution < 1.29 is 9.21 Å². The van der Waals surface area contributed by atoms with Gasteiger partial charge in [-0.3, -0.25) is 10.1 Å². The van der Waals surface area contributed by atoms with Crippen LogP contribution in [0.3, 0.4) is 0 Å². The first-order valence-electron chi connectivity index (χ1n) is 7.87. The molecule has 0 radical (unpaired) electrons. The Morgan fingerprint density at radius 2 is 2.23 bits per heavy atom. The van der Waals surface area contributed by atoms with E-state index in [1.54, 1.807) is 23.5 Å². The summed E-state index contributed by atoms with van der Waals surface area (Å²) in [6.07, 6.45) is 0.577. The molecule has 0 saturated heterocycles. The Balaban J connectivity index is 1.41. The van der Waals surface area contributed by atoms with Crippen LogP contribution in [0.5, 0.6) is 0 Å². The van der Waals surface area contributed by atoms with E-state index in [1.165, 1.54) is 0 Å². The summed E-state index contributed by atoms with van der Waals surface area (Å²) in [5, 5.41) is 15.3. The maximum atomic E-state index is 12.2. The lowest BCUT2D eigenvalue weighted by Crippen LogP contribution is -2.15. The largest absolute Gasteiger partial charge is 0.421 e. The van der Waals surface area contributed by atoms with Gasteiger partial charge in [-0.05, 0) is 29.6 Å². The lowest BCUT2D eigenvalue weighted by molar-refractivity contribution is -0.116. The molecule has 1 N–H and O–H groups in total. The molecule has 4 rings (SSSR count). The lowest BCUT2D eigenvalue weighted by atomic mass is 10.3. The van der Waals surface area contributed by atoms with Gasteiger partial charge in [-0.2, -0.15) is 11.3 Å². The highest BCUT2D eigenvalue weighted by Crippen LogP contribution is 2.23. The predicted octanol–water partition coefficient (Wildman–Crippen LogP) is 3.91. The van der Waals surface area contributed by atoms with Crippen LogP contribution in [0.2, 0.25) is 5.02 Å². The summed E-state index contributed by atoms with van der Waals surface area (Å²) in [5.41, 5.74) is 2.51. The first kappa shape index (κ1) is 16.7. The number of thiophene rings is 1. The third-order valence-corrected chi connectivity index (χ3v) is 4.81. The molecule has 0 saturated carbocycles. The first-order chi connectivity index (χ1) is 12.6. The summed E-state index contributed by atoms with van der Waals surface area (Å²) in [5.74, 6) is 1.19. The molecule has 3 heterocycles. The van der Waals surface area contributed by atoms with Crippen molar-refractivity contribution in [3.8, 4) is 11.5 Å². The first-order valence-corrected chi connectivity index (χ1v) is 9.19. The zero-order chi connectivity index (χ0) is 18.1. The molecule has 3 aromatic heterocycles. The molecular formula is C17H14ClN5O2S. The number of amides is 1. The Morgan fingerprint density at radius 3 is 3.04 bits per heavy atom. The summed E-state index contributed by atoms with van der Waals surface area (Å²) >= 11 is 7.54. The molecule has 26 heavy (non-hydrogen) atoms. The molecule has 0 aliphatic heterocycles. The predicted molar refractivity (Wildman–Crippen MR) is 100 cm³/mol. The summed E-state index contributed by atoms with van der Waals surface area (Å²) in [6, 6.07) is 7.33. The van der Waals surface area contributed by atoms with E-state index in [9.17, 15) is 4.79 Å². The number of anilines is 1. The molecule has 9 heteroatoms. The van der Waals surface area contributed by atoms with Gasteiger partial charge < -0.3 is 8.98 Å². The monoisotopic (exact) mass is 387 g/mol. The van der Waals surface area contributed by atoms with Gasteiger partial charge in [0.2, 0.25) is 23.6 Å². The molecule has 0 bridgehead atoms. The van der Waals surface area contributed by atoms with Crippen LogP contribution in [0.25, 0.3) is 22.5 Å². The fraction of sp³-hybridized carbons (Fsp3) is 0.176. The number of carbonyl (C=O) groups excluding carboxylic acids is 1. The van der Waals surface area contributed by atoms with E-state index < -0.39 is 0 Å². The number of fused-ring (bicyclic) bond motifs is 1. The average molecular weight is 388 g/mol. The van der Waals surface area contributed by atoms with Gasteiger partial charge in [0.1, 0.15) is 0 Å². The van der Waals surface area contributed by atoms with Crippen LogP contribution in [-0.2, 0) is 18.3 Å². The van der Waals surface area contributed by atoms with Gasteiger partial charge in [0.15, 0.2) is 0 Å². The second-order valence-electron chi connectivity index (χ2n) is 5.69. The van der Waals surface area contributed by atoms with Crippen molar-refractivity contribution in [3.05, 3.63) is 45.9 Å². The number of nitrogens with zero attached hydrogens (tertiary/aromatic N) is 4. The van der Waals surface area contributed by atoms with Gasteiger partial charge in [-0.25, -0.2) is 4.98 Å². The van der Waals surface area contributed by atoms with E-state index in [4.69, 9.17) is 16.0 Å². The van der Waals surface area contributed by atoms with Gasteiger partial charge >= 0.3 is 0 Å². The number of hydrogen-bond donors (Lipinski definition) is 1. The van der Waals surface area contributed by atoms with Crippen LogP contribution in [0.15, 0.2) is 39.4 Å². The summed E-state index contributed by atoms with van der Waals surface area (Å²) in [7, 11) is 1.84. The summed E-state index contributed by atoms with van der Waals surface area (Å²) < 4.78 is 7.39. The molecule has 1 amide bonds. The van der Waals surface area contributed by atoms with E-state index in [0.29, 0.717) is 29.2 Å². The van der Waals surface area contributed by atoms with Crippen molar-refractivity contribution in [1.82, 2.24) is 19.7 Å². The molecule has 4 aromatic rings. The maximum absolute atomic E-state index is 12.2. The number of aryl methyl sites for hydroxylation is 2. The SMILES string of the molecule is Cn1c(NC(=O)CCc2nnc(-c3ccsc3)o2)nc2cc(Cl)ccc21. The van der Waals surface area contributed by atoms with Crippen LogP contribution >= 0.6 is 22.9 Å². The number of benzene rings is 1. The maximum Gasteiger partial charge on any atom is 0.248 e. The van der Waals surface area contributed by atoms with Crippen LogP contribution < -0.4 is 5.32 Å². The van der Waals surface area contributed by atoms with E-state index in [1.807, 2.05) is 34.5 Å². The number of aromatic nitrogens is 4. The highest BCUT2D eigenvalue weighted by Gasteiger charge is 2.14. The third kappa shape index (κ3) is 3.33. The van der Waals surface area contributed by atoms with Crippen LogP contribution in [0, 0.1) is 0 Å². The number of carbonyl (C=O) groups is 1. The molecule has 0 atom stereocenters. The van der Waals surface area contributed by atoms with Gasteiger partial charge in [0.05, 0.1) is 11.0 Å². The molecule has 0 fully saturated rings. The molecule has 0 aliphatic carbocycles. The third-order valence-electron chi connectivity index (χ3n) is 3.89. The normalized spacial score (nSPS) is 11.2. The van der Waals surface area contributed by atoms with Crippen molar-refractivity contribution in [3.63, 3.8) is 0 Å². The molecule has 7 nitrogen and oxygen atoms in total. The second-order valence-corrected chi connectivity index (χ2v) is 6.91. The van der Waals surface area contributed by atoms with Gasteiger partial charge in [0, 0.05) is 35.9 Å². The fourth-order valence-corrected chi connectivity index (χ4v) is 3.35. The zero-order valence-corrected chi connectivity index (χ0v) is 15.3. The molecule has 0 spiro atoms. The molecule has 1 aromatic carbocycles. The zero-order valence-electron chi connectivity index (χ0n) is 13.8. The Kier molecular flexibility index (Phi) is 4.44. The van der Waals surface area contributed by atoms with Crippen LogP contribution in [-0.4, -0.2) is 25.7 Å². The van der Waals surface area contributed by atoms with Crippen molar-refractivity contribution in [2.45, 2.75) is 12.8 Å². The molecule has 0 aliphatic rings. The molecule has 132 valence electrons. The number of rotatable bonds is 5. The number of imidazole rings is 1. The van der Waals surface area contributed by atoms with Crippen LogP contribution in [0.1, 0.15) is 12.3 Å². The fourth-order valence-electron chi connectivity index (χ4n) is 2.55. The minimum absolute atomic E-state index is 0.176. The minimum atomic E-state index is -0.176. The number of hydrogen-bond acceptors (Lipinski definition) is 6. The Hall–Kier alpha value is -2.71.